The molecular weight excluding hydrogens is 615 g/mol. The van der Waals surface area contributed by atoms with Crippen molar-refractivity contribution in [2.75, 3.05) is 4.90 Å². The SMILES string of the molecule is [2H]c1c([2H])c([2H])c(-c2c([2H])c([2H])c(-c3c([2H])c([2H])c(N(c4c([2H])c([2H])c(-c5cccc(-c6cccc7ccccc67)c5)c([2H])c4[2H])c4c([2H])c([2H])c([2H])c5c([2H])c([2H])c([2H])c([2H])c45)c([2H])c3[2H])c([2H])c2[2H])c([2H])c1[2H]. The zero-order valence-electron chi connectivity index (χ0n) is 50.3. The van der Waals surface area contributed by atoms with E-state index in [1.54, 1.807) is 24.3 Å². The number of fused-ring (bicyclic) bond motifs is 2. The first-order valence-corrected chi connectivity index (χ1v) is 15.6. The smallest absolute Gasteiger partial charge is 0.0645 e. The van der Waals surface area contributed by atoms with Gasteiger partial charge in [-0.3, -0.25) is 0 Å². The Bertz CT molecular complexity index is 3890. The topological polar surface area (TPSA) is 3.24 Å². The first kappa shape index (κ1) is 14.3. The van der Waals surface area contributed by atoms with Crippen LogP contribution in [-0.4, -0.2) is 0 Å². The molecule has 0 saturated heterocycles. The van der Waals surface area contributed by atoms with Gasteiger partial charge in [0.15, 0.2) is 0 Å². The van der Waals surface area contributed by atoms with Gasteiger partial charge in [0.2, 0.25) is 0 Å². The first-order chi connectivity index (χ1) is 35.3. The Labute approximate surface area is 333 Å². The van der Waals surface area contributed by atoms with E-state index in [0.717, 1.165) is 16.3 Å². The summed E-state index contributed by atoms with van der Waals surface area (Å²) in [6.07, 6.45) is 0. The van der Waals surface area contributed by atoms with Crippen LogP contribution in [0.25, 0.3) is 66.1 Å². The zero-order chi connectivity index (χ0) is 54.9. The van der Waals surface area contributed by atoms with Crippen LogP contribution in [0.5, 0.6) is 0 Å². The third-order valence-corrected chi connectivity index (χ3v) is 8.06. The Kier molecular flexibility index (Phi) is 3.72. The fourth-order valence-electron chi connectivity index (χ4n) is 5.66. The largest absolute Gasteiger partial charge is 0.310 e. The molecule has 9 aromatic carbocycles. The maximum atomic E-state index is 9.62. The van der Waals surface area contributed by atoms with Crippen molar-refractivity contribution in [3.8, 4) is 44.5 Å². The average Bonchev–Trinajstić information content (AvgIpc) is 3.39. The summed E-state index contributed by atoms with van der Waals surface area (Å²) >= 11 is 0. The quantitative estimate of drug-likeness (QED) is 0.163. The molecule has 0 aliphatic carbocycles. The Morgan fingerprint density at radius 2 is 0.863 bits per heavy atom. The highest BCUT2D eigenvalue weighted by Crippen LogP contribution is 2.41. The molecule has 0 amide bonds. The Morgan fingerprint density at radius 1 is 0.333 bits per heavy atom. The van der Waals surface area contributed by atoms with Gasteiger partial charge in [-0.05, 0) is 96.9 Å². The molecule has 51 heavy (non-hydrogen) atoms. The van der Waals surface area contributed by atoms with Crippen LogP contribution >= 0.6 is 0 Å². The van der Waals surface area contributed by atoms with E-state index < -0.39 is 195 Å². The van der Waals surface area contributed by atoms with E-state index in [1.165, 1.54) is 0 Å². The minimum Gasteiger partial charge on any atom is -0.310 e. The fourth-order valence-corrected chi connectivity index (χ4v) is 5.66. The highest BCUT2D eigenvalue weighted by atomic mass is 15.1. The number of hydrogen-bond donors (Lipinski definition) is 0. The van der Waals surface area contributed by atoms with Crippen molar-refractivity contribution in [2.45, 2.75) is 0 Å². The van der Waals surface area contributed by atoms with Crippen molar-refractivity contribution in [1.82, 2.24) is 0 Å². The van der Waals surface area contributed by atoms with Crippen LogP contribution in [0.3, 0.4) is 0 Å². The predicted molar refractivity (Wildman–Crippen MR) is 218 cm³/mol. The highest BCUT2D eigenvalue weighted by molar-refractivity contribution is 6.00. The number of anilines is 3. The lowest BCUT2D eigenvalue weighted by molar-refractivity contribution is 1.30. The van der Waals surface area contributed by atoms with E-state index in [0.29, 0.717) is 10.5 Å². The van der Waals surface area contributed by atoms with E-state index in [-0.39, 0.29) is 11.1 Å². The standard InChI is InChI=1S/C50H35N/c1-2-11-36(12-3-1)37-23-25-38(26-24-37)39-27-31-45(32-28-39)51(50-22-10-16-42-14-5-7-20-49(42)50)46-33-29-40(30-34-46)43-17-8-18-44(35-43)48-21-9-15-41-13-4-6-19-47(41)48/h1-35H/i1D,2D,3D,5D,7D,10D,11D,12D,14D,16D,20D,22D,23D,24D,25D,26D,27D,28D,29D,30D,31D,32D,33D,34D. The molecule has 0 unspecified atom stereocenters. The third kappa shape index (κ3) is 5.96. The zero-order valence-corrected chi connectivity index (χ0v) is 26.3. The molecule has 9 rings (SSSR count). The van der Waals surface area contributed by atoms with Crippen LogP contribution in [0.1, 0.15) is 32.9 Å². The van der Waals surface area contributed by atoms with Gasteiger partial charge in [0, 0.05) is 16.8 Å². The van der Waals surface area contributed by atoms with Crippen LogP contribution in [0.15, 0.2) is 212 Å². The summed E-state index contributed by atoms with van der Waals surface area (Å²) in [6.45, 7) is 0. The molecule has 0 saturated carbocycles. The predicted octanol–water partition coefficient (Wildman–Crippen LogP) is 14.1. The van der Waals surface area contributed by atoms with Crippen molar-refractivity contribution in [1.29, 1.82) is 0 Å². The molecule has 0 heterocycles. The van der Waals surface area contributed by atoms with Gasteiger partial charge < -0.3 is 4.90 Å². The number of nitrogens with zero attached hydrogens (tertiary/aromatic N) is 1. The number of hydrogen-bond acceptors (Lipinski definition) is 1. The summed E-state index contributed by atoms with van der Waals surface area (Å²) < 4.78 is 215. The third-order valence-electron chi connectivity index (χ3n) is 8.06. The van der Waals surface area contributed by atoms with Crippen molar-refractivity contribution < 1.29 is 32.9 Å². The van der Waals surface area contributed by atoms with Crippen LogP contribution in [-0.2, 0) is 0 Å². The van der Waals surface area contributed by atoms with E-state index in [9.17, 15) is 12.3 Å². The van der Waals surface area contributed by atoms with E-state index in [4.69, 9.17) is 20.6 Å². The van der Waals surface area contributed by atoms with Crippen LogP contribution in [0.2, 0.25) is 0 Å². The average molecular weight is 674 g/mol. The fraction of sp³-hybridized carbons (Fsp3) is 0. The summed E-state index contributed by atoms with van der Waals surface area (Å²) in [5.74, 6) is 0. The minimum absolute atomic E-state index is 0.203. The molecule has 0 fully saturated rings. The second kappa shape index (κ2) is 13.3. The van der Waals surface area contributed by atoms with Crippen molar-refractivity contribution >= 4 is 38.6 Å². The normalized spacial score (nSPS) is 17.7. The number of benzene rings is 9. The maximum absolute atomic E-state index is 9.62. The number of rotatable bonds is 7. The molecule has 0 spiro atoms. The Balaban J connectivity index is 1.37. The van der Waals surface area contributed by atoms with Crippen molar-refractivity contribution in [3.63, 3.8) is 0 Å². The molecule has 0 N–H and O–H groups in total. The van der Waals surface area contributed by atoms with Crippen LogP contribution < -0.4 is 4.90 Å². The molecule has 240 valence electrons. The van der Waals surface area contributed by atoms with Gasteiger partial charge in [0.1, 0.15) is 0 Å². The van der Waals surface area contributed by atoms with Gasteiger partial charge in [-0.25, -0.2) is 0 Å². The minimum atomic E-state index is -1.16. The molecule has 0 radical (unpaired) electrons. The summed E-state index contributed by atoms with van der Waals surface area (Å²) in [4.78, 5) is 0.542. The van der Waals surface area contributed by atoms with Gasteiger partial charge in [0.25, 0.3) is 0 Å². The van der Waals surface area contributed by atoms with Gasteiger partial charge in [-0.1, -0.05) is 175 Å². The first-order valence-electron chi connectivity index (χ1n) is 27.6. The molecule has 0 aliphatic heterocycles. The summed E-state index contributed by atoms with van der Waals surface area (Å²) in [5.41, 5.74) is -4.53. The van der Waals surface area contributed by atoms with E-state index in [1.807, 2.05) is 42.5 Å². The molecule has 0 aliphatic rings. The van der Waals surface area contributed by atoms with E-state index in [2.05, 4.69) is 0 Å². The van der Waals surface area contributed by atoms with E-state index >= 15 is 0 Å². The van der Waals surface area contributed by atoms with Gasteiger partial charge in [0.05, 0.1) is 38.6 Å². The molecule has 1 nitrogen and oxygen atoms in total. The van der Waals surface area contributed by atoms with Gasteiger partial charge in [-0.2, -0.15) is 0 Å². The highest BCUT2D eigenvalue weighted by Gasteiger charge is 2.16. The molecule has 9 aromatic rings. The van der Waals surface area contributed by atoms with Gasteiger partial charge >= 0.3 is 0 Å². The molecule has 1 heteroatoms. The second-order valence-electron chi connectivity index (χ2n) is 11.1. The van der Waals surface area contributed by atoms with Crippen molar-refractivity contribution in [3.05, 3.63) is 212 Å². The van der Waals surface area contributed by atoms with Crippen molar-refractivity contribution in [2.24, 2.45) is 0 Å². The van der Waals surface area contributed by atoms with Crippen LogP contribution in [0.4, 0.5) is 17.1 Å². The molecule has 0 atom stereocenters. The second-order valence-corrected chi connectivity index (χ2v) is 11.1. The molecule has 0 bridgehead atoms. The van der Waals surface area contributed by atoms with Crippen LogP contribution in [0, 0.1) is 0 Å². The summed E-state index contributed by atoms with van der Waals surface area (Å²) in [6, 6.07) is -2.73. The Morgan fingerprint density at radius 3 is 1.59 bits per heavy atom. The van der Waals surface area contributed by atoms with Gasteiger partial charge in [-0.15, -0.1) is 0 Å². The molecule has 0 aromatic heterocycles. The lowest BCUT2D eigenvalue weighted by Gasteiger charge is -2.27. The Hall–Kier alpha value is -6.70. The summed E-state index contributed by atoms with van der Waals surface area (Å²) in [7, 11) is 0. The lowest BCUT2D eigenvalue weighted by Crippen LogP contribution is -2.10. The molecular formula is C50H35N. The lowest BCUT2D eigenvalue weighted by atomic mass is 9.95. The summed E-state index contributed by atoms with van der Waals surface area (Å²) in [5, 5.41) is 0.429. The monoisotopic (exact) mass is 673 g/mol. The maximum Gasteiger partial charge on any atom is 0.0645 e.